The fourth-order valence-corrected chi connectivity index (χ4v) is 3.81. The van der Waals surface area contributed by atoms with E-state index in [4.69, 9.17) is 0 Å². The van der Waals surface area contributed by atoms with Crippen LogP contribution in [-0.2, 0) is 4.79 Å². The lowest BCUT2D eigenvalue weighted by atomic mass is 9.78. The second kappa shape index (κ2) is 8.43. The Morgan fingerprint density at radius 2 is 1.45 bits per heavy atom. The molecule has 0 spiro atoms. The summed E-state index contributed by atoms with van der Waals surface area (Å²) in [5, 5.41) is 12.8. The minimum absolute atomic E-state index is 0.219. The summed E-state index contributed by atoms with van der Waals surface area (Å²) in [5.41, 5.74) is 0.958. The Labute approximate surface area is 122 Å². The van der Waals surface area contributed by atoms with Crippen molar-refractivity contribution in [3.8, 4) is 0 Å². The quantitative estimate of drug-likeness (QED) is 0.587. The smallest absolute Gasteiger partial charge is 0.135 e. The molecule has 20 heavy (non-hydrogen) atoms. The Kier molecular flexibility index (Phi) is 6.55. The van der Waals surface area contributed by atoms with Crippen molar-refractivity contribution in [2.45, 2.75) is 83.5 Å². The van der Waals surface area contributed by atoms with Gasteiger partial charge in [0, 0.05) is 18.3 Å². The van der Waals surface area contributed by atoms with Crippen LogP contribution in [0, 0.1) is 11.8 Å². The normalized spacial score (nSPS) is 32.2. The second-order valence-electron chi connectivity index (χ2n) is 6.59. The average Bonchev–Trinajstić information content (AvgIpc) is 2.41. The maximum atomic E-state index is 12.3. The van der Waals surface area contributed by atoms with Gasteiger partial charge in [0.2, 0.25) is 0 Å². The fraction of sp³-hybridized carbons (Fsp3) is 0.882. The van der Waals surface area contributed by atoms with Gasteiger partial charge >= 0.3 is 0 Å². The number of Topliss-reactive ketones (excluding diaryl/α,β-unsaturated/α-hetero) is 1. The molecule has 2 saturated carbocycles. The lowest BCUT2D eigenvalue weighted by Crippen LogP contribution is -2.25. The van der Waals surface area contributed by atoms with Crippen LogP contribution in [-0.4, -0.2) is 16.7 Å². The van der Waals surface area contributed by atoms with Gasteiger partial charge in [-0.25, -0.2) is 0 Å². The van der Waals surface area contributed by atoms with E-state index in [-0.39, 0.29) is 5.92 Å². The van der Waals surface area contributed by atoms with E-state index >= 15 is 0 Å². The van der Waals surface area contributed by atoms with E-state index in [0.717, 1.165) is 50.7 Å². The topological polar surface area (TPSA) is 49.7 Å². The van der Waals surface area contributed by atoms with Crippen LogP contribution in [0.3, 0.4) is 0 Å². The number of carbonyl (C=O) groups is 1. The zero-order chi connectivity index (χ0) is 14.2. The van der Waals surface area contributed by atoms with Gasteiger partial charge in [-0.05, 0) is 38.5 Å². The van der Waals surface area contributed by atoms with Crippen LogP contribution in [0.2, 0.25) is 0 Å². The highest BCUT2D eigenvalue weighted by Gasteiger charge is 2.27. The first-order chi connectivity index (χ1) is 9.81. The largest absolute Gasteiger partial charge is 0.411 e. The summed E-state index contributed by atoms with van der Waals surface area (Å²) in [4.78, 5) is 12.3. The molecule has 2 rings (SSSR count). The van der Waals surface area contributed by atoms with Crippen LogP contribution >= 0.6 is 0 Å². The Morgan fingerprint density at radius 3 is 2.15 bits per heavy atom. The SMILES string of the molecule is O=C1CCCCCCC1CC1CCCCCCC1=NO. The highest BCUT2D eigenvalue weighted by Crippen LogP contribution is 2.30. The van der Waals surface area contributed by atoms with Gasteiger partial charge in [0.15, 0.2) is 0 Å². The molecule has 2 aliphatic carbocycles. The van der Waals surface area contributed by atoms with Gasteiger partial charge in [-0.1, -0.05) is 43.7 Å². The third-order valence-electron chi connectivity index (χ3n) is 5.09. The number of oxime groups is 1. The second-order valence-corrected chi connectivity index (χ2v) is 6.59. The van der Waals surface area contributed by atoms with E-state index in [1.165, 1.54) is 38.5 Å². The van der Waals surface area contributed by atoms with Gasteiger partial charge in [0.25, 0.3) is 0 Å². The Hall–Kier alpha value is -0.860. The van der Waals surface area contributed by atoms with Crippen LogP contribution in [0.15, 0.2) is 5.16 Å². The molecule has 3 heteroatoms. The predicted octanol–water partition coefficient (Wildman–Crippen LogP) is 4.72. The first-order valence-electron chi connectivity index (χ1n) is 8.55. The summed E-state index contributed by atoms with van der Waals surface area (Å²) < 4.78 is 0. The van der Waals surface area contributed by atoms with Gasteiger partial charge in [0.05, 0.1) is 5.71 Å². The van der Waals surface area contributed by atoms with Crippen LogP contribution in [0.1, 0.15) is 83.5 Å². The molecule has 0 aromatic rings. The summed E-state index contributed by atoms with van der Waals surface area (Å²) >= 11 is 0. The molecule has 0 aromatic carbocycles. The Bertz CT molecular complexity index is 338. The molecule has 0 aromatic heterocycles. The van der Waals surface area contributed by atoms with Crippen molar-refractivity contribution in [2.24, 2.45) is 17.0 Å². The first-order valence-corrected chi connectivity index (χ1v) is 8.55. The molecule has 114 valence electrons. The van der Waals surface area contributed by atoms with Gasteiger partial charge in [-0.2, -0.15) is 0 Å². The minimum Gasteiger partial charge on any atom is -0.411 e. The number of rotatable bonds is 2. The average molecular weight is 279 g/mol. The first kappa shape index (κ1) is 15.5. The molecular formula is C17H29NO2. The maximum absolute atomic E-state index is 12.3. The number of nitrogens with zero attached hydrogens (tertiary/aromatic N) is 1. The highest BCUT2D eigenvalue weighted by molar-refractivity contribution is 5.87. The number of hydrogen-bond acceptors (Lipinski definition) is 3. The van der Waals surface area contributed by atoms with Crippen molar-refractivity contribution in [1.82, 2.24) is 0 Å². The number of carbonyl (C=O) groups excluding carboxylic acids is 1. The van der Waals surface area contributed by atoms with Gasteiger partial charge < -0.3 is 5.21 Å². The molecule has 0 heterocycles. The maximum Gasteiger partial charge on any atom is 0.135 e. The van der Waals surface area contributed by atoms with Crippen molar-refractivity contribution in [1.29, 1.82) is 0 Å². The number of ketones is 1. The minimum atomic E-state index is 0.219. The lowest BCUT2D eigenvalue weighted by Gasteiger charge is -2.26. The summed E-state index contributed by atoms with van der Waals surface area (Å²) in [6.45, 7) is 0. The molecule has 0 aliphatic heterocycles. The van der Waals surface area contributed by atoms with E-state index in [2.05, 4.69) is 5.16 Å². The molecule has 3 nitrogen and oxygen atoms in total. The zero-order valence-electron chi connectivity index (χ0n) is 12.6. The summed E-state index contributed by atoms with van der Waals surface area (Å²) in [6, 6.07) is 0. The monoisotopic (exact) mass is 279 g/mol. The Balaban J connectivity index is 1.97. The van der Waals surface area contributed by atoms with Crippen molar-refractivity contribution in [2.75, 3.05) is 0 Å². The molecule has 2 unspecified atom stereocenters. The lowest BCUT2D eigenvalue weighted by molar-refractivity contribution is -0.124. The molecule has 2 aliphatic rings. The zero-order valence-corrected chi connectivity index (χ0v) is 12.6. The molecular weight excluding hydrogens is 250 g/mol. The van der Waals surface area contributed by atoms with E-state index in [9.17, 15) is 10.0 Å². The third-order valence-corrected chi connectivity index (χ3v) is 5.09. The predicted molar refractivity (Wildman–Crippen MR) is 81.2 cm³/mol. The summed E-state index contributed by atoms with van der Waals surface area (Å²) in [7, 11) is 0. The molecule has 0 radical (unpaired) electrons. The fourth-order valence-electron chi connectivity index (χ4n) is 3.81. The van der Waals surface area contributed by atoms with Crippen LogP contribution < -0.4 is 0 Å². The number of hydrogen-bond donors (Lipinski definition) is 1. The van der Waals surface area contributed by atoms with Crippen molar-refractivity contribution >= 4 is 11.5 Å². The van der Waals surface area contributed by atoms with Crippen LogP contribution in [0.5, 0.6) is 0 Å². The van der Waals surface area contributed by atoms with Crippen molar-refractivity contribution < 1.29 is 10.0 Å². The molecule has 1 N–H and O–H groups in total. The van der Waals surface area contributed by atoms with Gasteiger partial charge in [-0.15, -0.1) is 0 Å². The highest BCUT2D eigenvalue weighted by atomic mass is 16.4. The van der Waals surface area contributed by atoms with Crippen LogP contribution in [0.25, 0.3) is 0 Å². The van der Waals surface area contributed by atoms with Crippen molar-refractivity contribution in [3.05, 3.63) is 0 Å². The van der Waals surface area contributed by atoms with Gasteiger partial charge in [0.1, 0.15) is 5.78 Å². The molecule has 2 fully saturated rings. The molecule has 2 atom stereocenters. The molecule has 0 amide bonds. The molecule has 0 bridgehead atoms. The van der Waals surface area contributed by atoms with E-state index in [1.807, 2.05) is 0 Å². The van der Waals surface area contributed by atoms with E-state index in [0.29, 0.717) is 11.7 Å². The van der Waals surface area contributed by atoms with Crippen LogP contribution in [0.4, 0.5) is 0 Å². The summed E-state index contributed by atoms with van der Waals surface area (Å²) in [5.74, 6) is 1.02. The standard InChI is InChI=1S/C17H29NO2/c19-17-12-8-4-2-6-10-15(17)13-14-9-5-1-3-7-11-16(14)18-20/h14-15,20H,1-13H2. The third kappa shape index (κ3) is 4.60. The van der Waals surface area contributed by atoms with Gasteiger partial charge in [-0.3, -0.25) is 4.79 Å². The summed E-state index contributed by atoms with van der Waals surface area (Å²) in [6.07, 6.45) is 14.4. The van der Waals surface area contributed by atoms with E-state index in [1.54, 1.807) is 0 Å². The van der Waals surface area contributed by atoms with E-state index < -0.39 is 0 Å². The Morgan fingerprint density at radius 1 is 0.850 bits per heavy atom. The van der Waals surface area contributed by atoms with Crippen molar-refractivity contribution in [3.63, 3.8) is 0 Å². The molecule has 0 saturated heterocycles.